The summed E-state index contributed by atoms with van der Waals surface area (Å²) >= 11 is 6.15. The van der Waals surface area contributed by atoms with E-state index in [-0.39, 0.29) is 27.7 Å². The van der Waals surface area contributed by atoms with E-state index >= 15 is 0 Å². The Morgan fingerprint density at radius 3 is 2.44 bits per heavy atom. The van der Waals surface area contributed by atoms with Gasteiger partial charge in [0.1, 0.15) is 5.70 Å². The molecule has 0 spiro atoms. The minimum atomic E-state index is -0.834. The van der Waals surface area contributed by atoms with Gasteiger partial charge in [0.25, 0.3) is 5.69 Å². The number of hydrogen-bond acceptors (Lipinski definition) is 7. The van der Waals surface area contributed by atoms with Crippen LogP contribution in [-0.4, -0.2) is 31.1 Å². The van der Waals surface area contributed by atoms with Gasteiger partial charge in [-0.2, -0.15) is 0 Å². The SMILES string of the molecule is COC(=O)C1=C(C(=O)OC)N(c2cc([N+](=O)[O-])ccc2Cl)C=CC=C1. The molecule has 0 aliphatic carbocycles. The number of nitrogens with zero attached hydrogens (tertiary/aromatic N) is 2. The van der Waals surface area contributed by atoms with E-state index in [4.69, 9.17) is 21.1 Å². The highest BCUT2D eigenvalue weighted by Gasteiger charge is 2.29. The van der Waals surface area contributed by atoms with Crippen molar-refractivity contribution in [2.75, 3.05) is 19.1 Å². The van der Waals surface area contributed by atoms with Crippen LogP contribution in [-0.2, 0) is 19.1 Å². The Kier molecular flexibility index (Phi) is 5.56. The Balaban J connectivity index is 2.73. The molecule has 1 heterocycles. The predicted octanol–water partition coefficient (Wildman–Crippen LogP) is 2.74. The molecular weight excluding hydrogens is 352 g/mol. The number of esters is 2. The fourth-order valence-corrected chi connectivity index (χ4v) is 2.36. The average Bonchev–Trinajstić information content (AvgIpc) is 2.83. The Morgan fingerprint density at radius 2 is 1.84 bits per heavy atom. The van der Waals surface area contributed by atoms with Gasteiger partial charge >= 0.3 is 11.9 Å². The van der Waals surface area contributed by atoms with E-state index in [1.807, 2.05) is 0 Å². The highest BCUT2D eigenvalue weighted by molar-refractivity contribution is 6.33. The van der Waals surface area contributed by atoms with E-state index in [1.165, 1.54) is 54.6 Å². The van der Waals surface area contributed by atoms with E-state index in [9.17, 15) is 19.7 Å². The minimum absolute atomic E-state index is 0.0816. The fourth-order valence-electron chi connectivity index (χ4n) is 2.15. The molecule has 2 rings (SSSR count). The van der Waals surface area contributed by atoms with Crippen LogP contribution in [0.5, 0.6) is 0 Å². The van der Waals surface area contributed by atoms with Crippen LogP contribution in [0, 0.1) is 10.1 Å². The lowest BCUT2D eigenvalue weighted by atomic mass is 10.1. The van der Waals surface area contributed by atoms with Crippen molar-refractivity contribution in [1.82, 2.24) is 0 Å². The molecule has 0 bridgehead atoms. The van der Waals surface area contributed by atoms with Crippen molar-refractivity contribution in [2.45, 2.75) is 0 Å². The third kappa shape index (κ3) is 3.69. The second kappa shape index (κ2) is 7.63. The molecule has 0 radical (unpaired) electrons. The van der Waals surface area contributed by atoms with Crippen LogP contribution in [0.15, 0.2) is 53.9 Å². The average molecular weight is 365 g/mol. The molecule has 9 heteroatoms. The number of nitro benzene ring substituents is 1. The molecule has 0 unspecified atom stereocenters. The third-order valence-corrected chi connectivity index (χ3v) is 3.61. The first-order valence-electron chi connectivity index (χ1n) is 6.89. The Hall–Kier alpha value is -3.13. The Morgan fingerprint density at radius 1 is 1.16 bits per heavy atom. The first kappa shape index (κ1) is 18.2. The molecule has 8 nitrogen and oxygen atoms in total. The molecular formula is C16H13ClN2O6. The normalized spacial score (nSPS) is 13.5. The zero-order valence-corrected chi connectivity index (χ0v) is 14.0. The van der Waals surface area contributed by atoms with E-state index < -0.39 is 16.9 Å². The van der Waals surface area contributed by atoms with Gasteiger partial charge in [-0.25, -0.2) is 9.59 Å². The molecule has 1 aliphatic rings. The lowest BCUT2D eigenvalue weighted by molar-refractivity contribution is -0.384. The van der Waals surface area contributed by atoms with Crippen molar-refractivity contribution in [2.24, 2.45) is 0 Å². The van der Waals surface area contributed by atoms with Crippen LogP contribution in [0.1, 0.15) is 0 Å². The number of halogens is 1. The zero-order valence-electron chi connectivity index (χ0n) is 13.3. The molecule has 25 heavy (non-hydrogen) atoms. The Bertz CT molecular complexity index is 828. The lowest BCUT2D eigenvalue weighted by Crippen LogP contribution is -2.27. The zero-order chi connectivity index (χ0) is 18.6. The number of nitro groups is 1. The minimum Gasteiger partial charge on any atom is -0.465 e. The van der Waals surface area contributed by atoms with E-state index in [1.54, 1.807) is 0 Å². The summed E-state index contributed by atoms with van der Waals surface area (Å²) in [6, 6.07) is 3.75. The molecule has 0 saturated heterocycles. The number of rotatable bonds is 4. The second-order valence-corrected chi connectivity index (χ2v) is 5.12. The molecule has 0 fully saturated rings. The van der Waals surface area contributed by atoms with Crippen LogP contribution in [0.2, 0.25) is 5.02 Å². The summed E-state index contributed by atoms with van der Waals surface area (Å²) in [4.78, 5) is 36.0. The van der Waals surface area contributed by atoms with Gasteiger partial charge < -0.3 is 14.4 Å². The summed E-state index contributed by atoms with van der Waals surface area (Å²) in [5.74, 6) is -1.61. The highest BCUT2D eigenvalue weighted by atomic mass is 35.5. The molecule has 130 valence electrons. The van der Waals surface area contributed by atoms with Crippen molar-refractivity contribution in [1.29, 1.82) is 0 Å². The standard InChI is InChI=1S/C16H13ClN2O6/c1-24-15(20)11-5-3-4-8-18(14(11)16(21)25-2)13-9-10(19(22)23)6-7-12(13)17/h3-9H,1-2H3. The maximum atomic E-state index is 12.3. The molecule has 1 aromatic carbocycles. The maximum absolute atomic E-state index is 12.3. The summed E-state index contributed by atoms with van der Waals surface area (Å²) in [6.07, 6.45) is 5.86. The summed E-state index contributed by atoms with van der Waals surface area (Å²) in [7, 11) is 2.32. The number of non-ortho nitro benzene ring substituents is 1. The number of methoxy groups -OCH3 is 2. The molecule has 1 aromatic rings. The predicted molar refractivity (Wildman–Crippen MR) is 89.9 cm³/mol. The van der Waals surface area contributed by atoms with Crippen LogP contribution in [0.25, 0.3) is 0 Å². The van der Waals surface area contributed by atoms with Crippen molar-refractivity contribution in [3.63, 3.8) is 0 Å². The van der Waals surface area contributed by atoms with Gasteiger partial charge in [0.2, 0.25) is 0 Å². The number of ether oxygens (including phenoxy) is 2. The van der Waals surface area contributed by atoms with E-state index in [2.05, 4.69) is 0 Å². The highest BCUT2D eigenvalue weighted by Crippen LogP contribution is 2.34. The van der Waals surface area contributed by atoms with Crippen molar-refractivity contribution in [3.8, 4) is 0 Å². The smallest absolute Gasteiger partial charge is 0.355 e. The quantitative estimate of drug-likeness (QED) is 0.460. The monoisotopic (exact) mass is 364 g/mol. The molecule has 0 saturated carbocycles. The first-order valence-corrected chi connectivity index (χ1v) is 7.27. The molecule has 0 N–H and O–H groups in total. The van der Waals surface area contributed by atoms with Gasteiger partial charge in [-0.05, 0) is 18.2 Å². The van der Waals surface area contributed by atoms with Crippen LogP contribution in [0.3, 0.4) is 0 Å². The second-order valence-electron chi connectivity index (χ2n) is 4.71. The molecule has 1 aliphatic heterocycles. The number of allylic oxidation sites excluding steroid dienone is 2. The molecule has 0 amide bonds. The van der Waals surface area contributed by atoms with E-state index in [0.717, 1.165) is 7.11 Å². The van der Waals surface area contributed by atoms with Gasteiger partial charge in [0, 0.05) is 18.3 Å². The summed E-state index contributed by atoms with van der Waals surface area (Å²) in [5.41, 5.74) is -0.352. The van der Waals surface area contributed by atoms with Crippen molar-refractivity contribution >= 4 is 34.9 Å². The fraction of sp³-hybridized carbons (Fsp3) is 0.125. The van der Waals surface area contributed by atoms with Crippen LogP contribution < -0.4 is 4.90 Å². The lowest BCUT2D eigenvalue weighted by Gasteiger charge is -2.23. The van der Waals surface area contributed by atoms with Gasteiger partial charge in [-0.3, -0.25) is 10.1 Å². The van der Waals surface area contributed by atoms with E-state index in [0.29, 0.717) is 0 Å². The summed E-state index contributed by atoms with van der Waals surface area (Å²) in [6.45, 7) is 0. The number of carbonyl (C=O) groups excluding carboxylic acids is 2. The van der Waals surface area contributed by atoms with Gasteiger partial charge in [0.15, 0.2) is 0 Å². The molecule has 0 aromatic heterocycles. The van der Waals surface area contributed by atoms with Gasteiger partial charge in [-0.15, -0.1) is 0 Å². The largest absolute Gasteiger partial charge is 0.465 e. The number of carbonyl (C=O) groups is 2. The van der Waals surface area contributed by atoms with Crippen LogP contribution in [0.4, 0.5) is 11.4 Å². The summed E-state index contributed by atoms with van der Waals surface area (Å²) in [5, 5.41) is 11.2. The topological polar surface area (TPSA) is 99.0 Å². The number of anilines is 1. The first-order chi connectivity index (χ1) is 11.9. The van der Waals surface area contributed by atoms with Gasteiger partial charge in [0.05, 0.1) is 35.4 Å². The molecule has 0 atom stereocenters. The maximum Gasteiger partial charge on any atom is 0.355 e. The van der Waals surface area contributed by atoms with Crippen molar-refractivity contribution < 1.29 is 24.0 Å². The summed E-state index contributed by atoms with van der Waals surface area (Å²) < 4.78 is 9.44. The number of hydrogen-bond donors (Lipinski definition) is 0. The Labute approximate surface area is 147 Å². The van der Waals surface area contributed by atoms with Crippen molar-refractivity contribution in [3.05, 3.63) is 69.0 Å². The van der Waals surface area contributed by atoms with Gasteiger partial charge in [-0.1, -0.05) is 17.7 Å². The van der Waals surface area contributed by atoms with Crippen LogP contribution >= 0.6 is 11.6 Å². The number of benzene rings is 1. The third-order valence-electron chi connectivity index (χ3n) is 3.29.